The zero-order valence-corrected chi connectivity index (χ0v) is 24.6. The lowest BCUT2D eigenvalue weighted by atomic mass is 9.96. The van der Waals surface area contributed by atoms with Crippen LogP contribution in [0, 0.1) is 17.8 Å². The number of piperidine rings is 2. The number of methoxy groups -OCH3 is 1. The largest absolute Gasteiger partial charge is 0.497 e. The van der Waals surface area contributed by atoms with Crippen LogP contribution >= 0.6 is 0 Å². The highest BCUT2D eigenvalue weighted by molar-refractivity contribution is 5.79. The van der Waals surface area contributed by atoms with Gasteiger partial charge in [0.1, 0.15) is 5.75 Å². The molecule has 13 nitrogen and oxygen atoms in total. The van der Waals surface area contributed by atoms with E-state index in [1.54, 1.807) is 7.11 Å². The van der Waals surface area contributed by atoms with Gasteiger partial charge in [-0.1, -0.05) is 5.16 Å². The van der Waals surface area contributed by atoms with Gasteiger partial charge < -0.3 is 39.5 Å². The van der Waals surface area contributed by atoms with Crippen molar-refractivity contribution in [3.63, 3.8) is 0 Å². The van der Waals surface area contributed by atoms with Gasteiger partial charge in [-0.25, -0.2) is 0 Å². The lowest BCUT2D eigenvalue weighted by Gasteiger charge is -2.32. The quantitative estimate of drug-likeness (QED) is 0.386. The number of anilines is 1. The Balaban J connectivity index is 0.000000745. The second-order valence-electron chi connectivity index (χ2n) is 11.0. The molecule has 42 heavy (non-hydrogen) atoms. The fourth-order valence-electron chi connectivity index (χ4n) is 5.96. The third kappa shape index (κ3) is 9.98. The molecular formula is C29H44N6O7. The predicted molar refractivity (Wildman–Crippen MR) is 156 cm³/mol. The minimum absolute atomic E-state index is 0.0560. The lowest BCUT2D eigenvalue weighted by Crippen LogP contribution is -2.42. The summed E-state index contributed by atoms with van der Waals surface area (Å²) in [5.41, 5.74) is 0.886. The van der Waals surface area contributed by atoms with Crippen molar-refractivity contribution in [1.82, 2.24) is 25.3 Å². The fourth-order valence-corrected chi connectivity index (χ4v) is 5.96. The van der Waals surface area contributed by atoms with Crippen LogP contribution in [-0.4, -0.2) is 116 Å². The third-order valence-electron chi connectivity index (χ3n) is 8.07. The van der Waals surface area contributed by atoms with Crippen molar-refractivity contribution in [3.8, 4) is 17.1 Å². The average Bonchev–Trinajstić information content (AvgIpc) is 3.67. The highest BCUT2D eigenvalue weighted by atomic mass is 16.5. The van der Waals surface area contributed by atoms with Crippen molar-refractivity contribution in [2.75, 3.05) is 71.4 Å². The van der Waals surface area contributed by atoms with Gasteiger partial charge in [-0.3, -0.25) is 14.4 Å². The molecular weight excluding hydrogens is 544 g/mol. The van der Waals surface area contributed by atoms with Crippen LogP contribution in [0.25, 0.3) is 11.4 Å². The van der Waals surface area contributed by atoms with E-state index in [0.29, 0.717) is 17.8 Å². The van der Waals surface area contributed by atoms with Gasteiger partial charge in [-0.15, -0.1) is 0 Å². The molecule has 0 spiro atoms. The number of benzene rings is 1. The molecule has 232 valence electrons. The molecule has 0 aliphatic carbocycles. The van der Waals surface area contributed by atoms with Crippen molar-refractivity contribution in [2.24, 2.45) is 17.8 Å². The molecule has 1 unspecified atom stereocenters. The zero-order chi connectivity index (χ0) is 30.3. The second kappa shape index (κ2) is 17.3. The first kappa shape index (κ1) is 32.8. The minimum Gasteiger partial charge on any atom is -0.497 e. The van der Waals surface area contributed by atoms with Crippen LogP contribution in [0.3, 0.4) is 0 Å². The van der Waals surface area contributed by atoms with Crippen LogP contribution in [-0.2, 0) is 14.4 Å². The molecule has 3 fully saturated rings. The maximum Gasteiger partial charge on any atom is 0.324 e. The van der Waals surface area contributed by atoms with Gasteiger partial charge in [-0.05, 0) is 88.3 Å². The SMILES string of the molecule is COc1ccc(-c2noc(N3CCC(C(=O)NCC4CCN(C[C@H]5CCCN(C)C5)C4)CC3)n2)cc1.O=CO.O=CO. The summed E-state index contributed by atoms with van der Waals surface area (Å²) >= 11 is 0. The van der Waals surface area contributed by atoms with E-state index in [1.807, 2.05) is 24.3 Å². The van der Waals surface area contributed by atoms with E-state index in [2.05, 4.69) is 37.2 Å². The third-order valence-corrected chi connectivity index (χ3v) is 8.07. The minimum atomic E-state index is -0.250. The summed E-state index contributed by atoms with van der Waals surface area (Å²) in [6.45, 7) is 7.75. The maximum absolute atomic E-state index is 12.9. The Hall–Kier alpha value is -3.71. The molecule has 5 rings (SSSR count). The fraction of sp³-hybridized carbons (Fsp3) is 0.621. The molecule has 3 saturated heterocycles. The van der Waals surface area contributed by atoms with Gasteiger partial charge in [0.25, 0.3) is 12.9 Å². The summed E-state index contributed by atoms with van der Waals surface area (Å²) in [7, 11) is 3.88. The van der Waals surface area contributed by atoms with Crippen LogP contribution in [0.2, 0.25) is 0 Å². The van der Waals surface area contributed by atoms with E-state index in [4.69, 9.17) is 29.1 Å². The van der Waals surface area contributed by atoms with Crippen LogP contribution in [0.5, 0.6) is 5.75 Å². The molecule has 1 aromatic carbocycles. The molecule has 1 amide bonds. The molecule has 0 bridgehead atoms. The summed E-state index contributed by atoms with van der Waals surface area (Å²) in [4.78, 5) is 41.3. The van der Waals surface area contributed by atoms with Crippen LogP contribution in [0.1, 0.15) is 32.1 Å². The lowest BCUT2D eigenvalue weighted by molar-refractivity contribution is -0.126. The van der Waals surface area contributed by atoms with E-state index in [1.165, 1.54) is 45.4 Å². The molecule has 2 atom stereocenters. The van der Waals surface area contributed by atoms with E-state index in [-0.39, 0.29) is 24.8 Å². The predicted octanol–water partition coefficient (Wildman–Crippen LogP) is 2.14. The van der Waals surface area contributed by atoms with Crippen LogP contribution in [0.4, 0.5) is 6.01 Å². The maximum atomic E-state index is 12.9. The molecule has 0 radical (unpaired) electrons. The van der Waals surface area contributed by atoms with Gasteiger partial charge in [0, 0.05) is 50.7 Å². The van der Waals surface area contributed by atoms with Gasteiger partial charge in [-0.2, -0.15) is 4.98 Å². The summed E-state index contributed by atoms with van der Waals surface area (Å²) in [6.07, 6.45) is 5.47. The zero-order valence-electron chi connectivity index (χ0n) is 24.6. The van der Waals surface area contributed by atoms with Crippen molar-refractivity contribution in [2.45, 2.75) is 32.1 Å². The Kier molecular flexibility index (Phi) is 13.5. The van der Waals surface area contributed by atoms with Crippen molar-refractivity contribution in [1.29, 1.82) is 0 Å². The number of nitrogens with one attached hydrogen (secondary N) is 1. The monoisotopic (exact) mass is 588 g/mol. The number of hydrogen-bond acceptors (Lipinski definition) is 10. The van der Waals surface area contributed by atoms with E-state index >= 15 is 0 Å². The smallest absolute Gasteiger partial charge is 0.324 e. The number of carbonyl (C=O) groups is 3. The molecule has 4 heterocycles. The van der Waals surface area contributed by atoms with Crippen molar-refractivity contribution < 1.29 is 33.9 Å². The number of carboxylic acid groups (broad SMARTS) is 2. The molecule has 3 aliphatic rings. The molecule has 2 aromatic rings. The van der Waals surface area contributed by atoms with E-state index < -0.39 is 0 Å². The summed E-state index contributed by atoms with van der Waals surface area (Å²) in [5, 5.41) is 21.2. The van der Waals surface area contributed by atoms with Crippen molar-refractivity contribution >= 4 is 24.9 Å². The van der Waals surface area contributed by atoms with Gasteiger partial charge in [0.2, 0.25) is 11.7 Å². The Bertz CT molecular complexity index is 1080. The number of hydrogen-bond donors (Lipinski definition) is 3. The second-order valence-corrected chi connectivity index (χ2v) is 11.0. The number of rotatable bonds is 8. The van der Waals surface area contributed by atoms with E-state index in [0.717, 1.165) is 56.3 Å². The number of carbonyl (C=O) groups excluding carboxylic acids is 1. The topological polar surface area (TPSA) is 162 Å². The normalized spacial score (nSPS) is 21.3. The Labute approximate surface area is 246 Å². The Morgan fingerprint density at radius 3 is 2.36 bits per heavy atom. The van der Waals surface area contributed by atoms with Crippen LogP contribution < -0.4 is 15.0 Å². The molecule has 1 aromatic heterocycles. The van der Waals surface area contributed by atoms with Gasteiger partial charge in [0.05, 0.1) is 7.11 Å². The van der Waals surface area contributed by atoms with Crippen molar-refractivity contribution in [3.05, 3.63) is 24.3 Å². The summed E-state index contributed by atoms with van der Waals surface area (Å²) < 4.78 is 10.7. The molecule has 3 aliphatic heterocycles. The van der Waals surface area contributed by atoms with Gasteiger partial charge in [0.15, 0.2) is 0 Å². The average molecular weight is 589 g/mol. The summed E-state index contributed by atoms with van der Waals surface area (Å²) in [5.74, 6) is 2.99. The molecule has 13 heteroatoms. The highest BCUT2D eigenvalue weighted by Crippen LogP contribution is 2.26. The number of aromatic nitrogens is 2. The number of nitrogens with zero attached hydrogens (tertiary/aromatic N) is 5. The molecule has 3 N–H and O–H groups in total. The van der Waals surface area contributed by atoms with Crippen LogP contribution in [0.15, 0.2) is 28.8 Å². The van der Waals surface area contributed by atoms with Gasteiger partial charge >= 0.3 is 6.01 Å². The first-order chi connectivity index (χ1) is 20.4. The van der Waals surface area contributed by atoms with E-state index in [9.17, 15) is 4.79 Å². The standard InChI is InChI=1S/C27H40N6O3.2CH2O2/c1-31-12-3-4-21(17-31)19-32-13-9-20(18-32)16-28-26(34)23-10-14-33(15-11-23)27-29-25(30-36-27)22-5-7-24(35-2)8-6-22;2*2-1-3/h5-8,20-21,23H,3-4,9-19H2,1-2H3,(H,28,34);2*1H,(H,2,3)/t20?,21-;;/m0../s1. The first-order valence-electron chi connectivity index (χ1n) is 14.5. The summed E-state index contributed by atoms with van der Waals surface area (Å²) in [6, 6.07) is 8.13. The molecule has 0 saturated carbocycles. The number of likely N-dealkylation sites (tertiary alicyclic amines) is 2. The number of amides is 1. The number of ether oxygens (including phenoxy) is 1. The Morgan fingerprint density at radius 1 is 1.02 bits per heavy atom. The highest BCUT2D eigenvalue weighted by Gasteiger charge is 2.30. The first-order valence-corrected chi connectivity index (χ1v) is 14.5. The Morgan fingerprint density at radius 2 is 1.71 bits per heavy atom.